The second kappa shape index (κ2) is 8.79. The van der Waals surface area contributed by atoms with E-state index in [-0.39, 0.29) is 23.6 Å². The zero-order valence-electron chi connectivity index (χ0n) is 17.2. The van der Waals surface area contributed by atoms with Crippen LogP contribution in [0.4, 0.5) is 0 Å². The van der Waals surface area contributed by atoms with Gasteiger partial charge < -0.3 is 26.2 Å². The topological polar surface area (TPSA) is 178 Å². The smallest absolute Gasteiger partial charge is 0.326 e. The van der Waals surface area contributed by atoms with Crippen LogP contribution in [0.5, 0.6) is 5.75 Å². The van der Waals surface area contributed by atoms with Crippen molar-refractivity contribution in [3.63, 3.8) is 0 Å². The molecule has 10 nitrogen and oxygen atoms in total. The van der Waals surface area contributed by atoms with Crippen molar-refractivity contribution in [3.8, 4) is 17.3 Å². The highest BCUT2D eigenvalue weighted by molar-refractivity contribution is 5.98. The first kappa shape index (κ1) is 21.5. The molecule has 0 spiro atoms. The normalized spacial score (nSPS) is 11.8. The molecule has 2 aromatic heterocycles. The first-order valence-electron chi connectivity index (χ1n) is 9.92. The first-order chi connectivity index (χ1) is 15.8. The first-order valence-corrected chi connectivity index (χ1v) is 9.92. The van der Waals surface area contributed by atoms with Crippen LogP contribution in [-0.4, -0.2) is 48.9 Å². The Morgan fingerprint density at radius 2 is 1.82 bits per heavy atom. The highest BCUT2D eigenvalue weighted by atomic mass is 16.4. The van der Waals surface area contributed by atoms with Gasteiger partial charge in [-0.25, -0.2) is 9.78 Å². The summed E-state index contributed by atoms with van der Waals surface area (Å²) in [7, 11) is 0. The molecule has 10 heteroatoms. The molecule has 0 fully saturated rings. The standard InChI is InChI=1S/C23H20N6O4/c24-20(25)13-3-7-16-18(10-13)28-21(27-16)17-8-4-14(11-26-17)22(31)29-19(23(32)33)9-12-1-5-15(30)6-2-12/h1-8,10-11,19,30H,9H2,(H3,24,25)(H,27,28)(H,29,31)(H,32,33)/t19-/m0/s1. The molecule has 0 unspecified atom stereocenters. The number of imidazole rings is 1. The zero-order valence-corrected chi connectivity index (χ0v) is 17.2. The number of aromatic amines is 1. The lowest BCUT2D eigenvalue weighted by molar-refractivity contribution is -0.139. The van der Waals surface area contributed by atoms with E-state index in [0.717, 1.165) is 5.52 Å². The minimum absolute atomic E-state index is 0.0555. The van der Waals surface area contributed by atoms with E-state index < -0.39 is 17.9 Å². The summed E-state index contributed by atoms with van der Waals surface area (Å²) in [4.78, 5) is 36.1. The van der Waals surface area contributed by atoms with Gasteiger partial charge in [0, 0.05) is 18.2 Å². The number of aromatic nitrogens is 3. The number of nitrogens with zero attached hydrogens (tertiary/aromatic N) is 2. The van der Waals surface area contributed by atoms with Crippen LogP contribution >= 0.6 is 0 Å². The van der Waals surface area contributed by atoms with E-state index in [1.54, 1.807) is 36.4 Å². The number of hydrogen-bond donors (Lipinski definition) is 6. The third-order valence-electron chi connectivity index (χ3n) is 5.04. The van der Waals surface area contributed by atoms with Crippen molar-refractivity contribution in [2.75, 3.05) is 0 Å². The van der Waals surface area contributed by atoms with E-state index in [2.05, 4.69) is 20.3 Å². The Kier molecular flexibility index (Phi) is 5.73. The van der Waals surface area contributed by atoms with Gasteiger partial charge in [-0.15, -0.1) is 0 Å². The molecule has 33 heavy (non-hydrogen) atoms. The lowest BCUT2D eigenvalue weighted by atomic mass is 10.1. The molecule has 0 aliphatic rings. The van der Waals surface area contributed by atoms with E-state index in [9.17, 15) is 19.8 Å². The van der Waals surface area contributed by atoms with Crippen molar-refractivity contribution in [1.82, 2.24) is 20.3 Å². The van der Waals surface area contributed by atoms with Gasteiger partial charge in [0.2, 0.25) is 0 Å². The Balaban J connectivity index is 1.49. The number of benzene rings is 2. The summed E-state index contributed by atoms with van der Waals surface area (Å²) in [5.41, 5.74) is 8.80. The summed E-state index contributed by atoms with van der Waals surface area (Å²) in [5.74, 6) is -1.25. The molecule has 0 aliphatic carbocycles. The molecule has 166 valence electrons. The largest absolute Gasteiger partial charge is 0.508 e. The average Bonchev–Trinajstić information content (AvgIpc) is 3.23. The summed E-state index contributed by atoms with van der Waals surface area (Å²) in [6, 6.07) is 13.3. The van der Waals surface area contributed by atoms with Crippen molar-refractivity contribution < 1.29 is 19.8 Å². The van der Waals surface area contributed by atoms with Gasteiger partial charge in [-0.2, -0.15) is 0 Å². The second-order valence-corrected chi connectivity index (χ2v) is 7.40. The summed E-state index contributed by atoms with van der Waals surface area (Å²) in [5, 5.41) is 28.9. The Labute approximate surface area is 187 Å². The van der Waals surface area contributed by atoms with Crippen LogP contribution in [0.2, 0.25) is 0 Å². The number of nitrogens with one attached hydrogen (secondary N) is 3. The van der Waals surface area contributed by atoms with Crippen molar-refractivity contribution in [1.29, 1.82) is 5.41 Å². The van der Waals surface area contributed by atoms with Crippen LogP contribution in [0.3, 0.4) is 0 Å². The fraction of sp³-hybridized carbons (Fsp3) is 0.0870. The fourth-order valence-electron chi connectivity index (χ4n) is 3.27. The number of hydrogen-bond acceptors (Lipinski definition) is 6. The Hall–Kier alpha value is -4.73. The summed E-state index contributed by atoms with van der Waals surface area (Å²) >= 11 is 0. The van der Waals surface area contributed by atoms with Crippen LogP contribution < -0.4 is 11.1 Å². The van der Waals surface area contributed by atoms with Gasteiger partial charge in [0.25, 0.3) is 5.91 Å². The van der Waals surface area contributed by atoms with Crippen LogP contribution in [0, 0.1) is 5.41 Å². The molecule has 4 rings (SSSR count). The minimum Gasteiger partial charge on any atom is -0.508 e. The number of carbonyl (C=O) groups is 2. The number of phenolic OH excluding ortho intramolecular Hbond substituents is 1. The number of carboxylic acid groups (broad SMARTS) is 1. The molecule has 0 saturated heterocycles. The molecule has 0 bridgehead atoms. The number of H-pyrrole nitrogens is 1. The van der Waals surface area contributed by atoms with Crippen molar-refractivity contribution >= 4 is 28.7 Å². The average molecular weight is 444 g/mol. The van der Waals surface area contributed by atoms with E-state index >= 15 is 0 Å². The molecule has 4 aromatic rings. The number of rotatable bonds is 7. The molecule has 0 aliphatic heterocycles. The van der Waals surface area contributed by atoms with Crippen molar-refractivity contribution in [2.45, 2.75) is 12.5 Å². The van der Waals surface area contributed by atoms with Gasteiger partial charge in [0.1, 0.15) is 23.3 Å². The molecular weight excluding hydrogens is 424 g/mol. The highest BCUT2D eigenvalue weighted by Crippen LogP contribution is 2.20. The molecule has 2 heterocycles. The number of amidine groups is 1. The number of aromatic hydroxyl groups is 1. The summed E-state index contributed by atoms with van der Waals surface area (Å²) in [6.07, 6.45) is 1.41. The third-order valence-corrected chi connectivity index (χ3v) is 5.04. The predicted molar refractivity (Wildman–Crippen MR) is 121 cm³/mol. The SMILES string of the molecule is N=C(N)c1ccc2[nH]c(-c3ccc(C(=O)N[C@@H](Cc4ccc(O)cc4)C(=O)O)cn3)nc2c1. The number of amides is 1. The lowest BCUT2D eigenvalue weighted by Crippen LogP contribution is -2.42. The minimum atomic E-state index is -1.17. The number of phenols is 1. The van der Waals surface area contributed by atoms with E-state index in [1.165, 1.54) is 24.4 Å². The van der Waals surface area contributed by atoms with E-state index in [0.29, 0.717) is 28.2 Å². The second-order valence-electron chi connectivity index (χ2n) is 7.40. The highest BCUT2D eigenvalue weighted by Gasteiger charge is 2.21. The summed E-state index contributed by atoms with van der Waals surface area (Å²) < 4.78 is 0. The van der Waals surface area contributed by atoms with Crippen LogP contribution in [-0.2, 0) is 11.2 Å². The monoisotopic (exact) mass is 444 g/mol. The number of aliphatic carboxylic acids is 1. The van der Waals surface area contributed by atoms with Gasteiger partial charge in [0.15, 0.2) is 5.82 Å². The van der Waals surface area contributed by atoms with Gasteiger partial charge in [-0.05, 0) is 48.0 Å². The number of carboxylic acids is 1. The number of carbonyl (C=O) groups excluding carboxylic acids is 1. The molecule has 0 radical (unpaired) electrons. The van der Waals surface area contributed by atoms with Crippen LogP contribution in [0.1, 0.15) is 21.5 Å². The van der Waals surface area contributed by atoms with E-state index in [4.69, 9.17) is 11.1 Å². The van der Waals surface area contributed by atoms with Crippen molar-refractivity contribution in [2.24, 2.45) is 5.73 Å². The van der Waals surface area contributed by atoms with E-state index in [1.807, 2.05) is 0 Å². The Bertz CT molecular complexity index is 1350. The third kappa shape index (κ3) is 4.79. The molecule has 7 N–H and O–H groups in total. The number of nitrogens with two attached hydrogens (primary N) is 1. The Morgan fingerprint density at radius 1 is 1.09 bits per heavy atom. The maximum Gasteiger partial charge on any atom is 0.326 e. The zero-order chi connectivity index (χ0) is 23.5. The van der Waals surface area contributed by atoms with Gasteiger partial charge in [0.05, 0.1) is 16.6 Å². The maximum atomic E-state index is 12.6. The maximum absolute atomic E-state index is 12.6. The predicted octanol–water partition coefficient (Wildman–Crippen LogP) is 2.04. The van der Waals surface area contributed by atoms with Gasteiger partial charge in [-0.1, -0.05) is 12.1 Å². The number of pyridine rings is 1. The number of fused-ring (bicyclic) bond motifs is 1. The molecule has 1 atom stereocenters. The lowest BCUT2D eigenvalue weighted by Gasteiger charge is -2.14. The van der Waals surface area contributed by atoms with Gasteiger partial charge in [-0.3, -0.25) is 15.2 Å². The van der Waals surface area contributed by atoms with Crippen molar-refractivity contribution in [3.05, 3.63) is 77.5 Å². The molecule has 0 saturated carbocycles. The van der Waals surface area contributed by atoms with Crippen LogP contribution in [0.25, 0.3) is 22.6 Å². The number of nitrogen functional groups attached to an aromatic ring is 1. The molecule has 2 aromatic carbocycles. The summed E-state index contributed by atoms with van der Waals surface area (Å²) in [6.45, 7) is 0. The Morgan fingerprint density at radius 3 is 2.45 bits per heavy atom. The van der Waals surface area contributed by atoms with Gasteiger partial charge >= 0.3 is 5.97 Å². The quantitative estimate of drug-likeness (QED) is 0.186. The molecular formula is C23H20N6O4. The van der Waals surface area contributed by atoms with Crippen LogP contribution in [0.15, 0.2) is 60.8 Å². The fourth-order valence-corrected chi connectivity index (χ4v) is 3.27. The molecule has 1 amide bonds.